The molecule has 0 amide bonds. The zero-order valence-corrected chi connectivity index (χ0v) is 10.8. The molecule has 0 heterocycles. The van der Waals surface area contributed by atoms with Gasteiger partial charge < -0.3 is 5.32 Å². The van der Waals surface area contributed by atoms with Crippen molar-refractivity contribution in [3.05, 3.63) is 12.3 Å². The van der Waals surface area contributed by atoms with E-state index < -0.39 is 0 Å². The van der Waals surface area contributed by atoms with Gasteiger partial charge >= 0.3 is 0 Å². The van der Waals surface area contributed by atoms with Crippen LogP contribution in [-0.4, -0.2) is 6.54 Å². The van der Waals surface area contributed by atoms with E-state index in [9.17, 15) is 0 Å². The van der Waals surface area contributed by atoms with Crippen molar-refractivity contribution in [2.75, 3.05) is 6.54 Å². The van der Waals surface area contributed by atoms with Crippen LogP contribution < -0.4 is 5.32 Å². The Morgan fingerprint density at radius 2 is 1.79 bits per heavy atom. The number of unbranched alkanes of at least 4 members (excludes halogenated alkanes) is 1. The number of allylic oxidation sites excluding steroid dienone is 1. The minimum atomic E-state index is 0.847. The maximum atomic E-state index is 3.89. The van der Waals surface area contributed by atoms with Gasteiger partial charge in [-0.05, 0) is 18.8 Å². The second-order valence-electron chi connectivity index (χ2n) is 3.77. The SMILES string of the molecule is C=C(CC)NCCCCC(C)C.CC. The van der Waals surface area contributed by atoms with Crippen molar-refractivity contribution in [3.63, 3.8) is 0 Å². The van der Waals surface area contributed by atoms with Crippen molar-refractivity contribution in [2.45, 2.75) is 60.3 Å². The average molecular weight is 199 g/mol. The van der Waals surface area contributed by atoms with Crippen molar-refractivity contribution in [2.24, 2.45) is 5.92 Å². The Kier molecular flexibility index (Phi) is 14.3. The molecule has 0 aliphatic carbocycles. The Labute approximate surface area is 91.0 Å². The third-order valence-electron chi connectivity index (χ3n) is 2.01. The van der Waals surface area contributed by atoms with Crippen LogP contribution in [0.15, 0.2) is 12.3 Å². The van der Waals surface area contributed by atoms with Gasteiger partial charge in [-0.25, -0.2) is 0 Å². The Bertz CT molecular complexity index is 116. The van der Waals surface area contributed by atoms with Crippen LogP contribution >= 0.6 is 0 Å². The zero-order chi connectivity index (χ0) is 11.4. The average Bonchev–Trinajstić information content (AvgIpc) is 2.19. The van der Waals surface area contributed by atoms with E-state index >= 15 is 0 Å². The summed E-state index contributed by atoms with van der Waals surface area (Å²) in [6, 6.07) is 0. The second kappa shape index (κ2) is 12.5. The Balaban J connectivity index is 0. The molecule has 0 aliphatic rings. The molecule has 0 aromatic carbocycles. The van der Waals surface area contributed by atoms with Crippen LogP contribution in [0.1, 0.15) is 60.3 Å². The van der Waals surface area contributed by atoms with Gasteiger partial charge in [-0.1, -0.05) is 54.0 Å². The van der Waals surface area contributed by atoms with Crippen molar-refractivity contribution in [1.29, 1.82) is 0 Å². The van der Waals surface area contributed by atoms with E-state index in [4.69, 9.17) is 0 Å². The van der Waals surface area contributed by atoms with Gasteiger partial charge in [0.05, 0.1) is 0 Å². The predicted octanol–water partition coefficient (Wildman–Crippen LogP) is 4.35. The predicted molar refractivity (Wildman–Crippen MR) is 67.5 cm³/mol. The van der Waals surface area contributed by atoms with Crippen molar-refractivity contribution in [3.8, 4) is 0 Å². The Hall–Kier alpha value is -0.460. The first-order chi connectivity index (χ1) is 6.66. The van der Waals surface area contributed by atoms with Crippen LogP contribution in [0.3, 0.4) is 0 Å². The summed E-state index contributed by atoms with van der Waals surface area (Å²) < 4.78 is 0. The van der Waals surface area contributed by atoms with Gasteiger partial charge in [-0.2, -0.15) is 0 Å². The summed E-state index contributed by atoms with van der Waals surface area (Å²) >= 11 is 0. The number of hydrogen-bond acceptors (Lipinski definition) is 1. The van der Waals surface area contributed by atoms with Gasteiger partial charge in [0.15, 0.2) is 0 Å². The van der Waals surface area contributed by atoms with Crippen LogP contribution in [-0.2, 0) is 0 Å². The van der Waals surface area contributed by atoms with E-state index in [1.54, 1.807) is 0 Å². The molecule has 0 unspecified atom stereocenters. The molecular formula is C13H29N. The third-order valence-corrected chi connectivity index (χ3v) is 2.01. The minimum absolute atomic E-state index is 0.847. The molecule has 0 rings (SSSR count). The molecule has 14 heavy (non-hydrogen) atoms. The monoisotopic (exact) mass is 199 g/mol. The molecule has 0 bridgehead atoms. The number of nitrogens with one attached hydrogen (secondary N) is 1. The molecule has 1 N–H and O–H groups in total. The standard InChI is InChI=1S/C11H23N.C2H6/c1-5-11(4)12-9-7-6-8-10(2)3;1-2/h10,12H,4-9H2,1-3H3;1-2H3. The Morgan fingerprint density at radius 3 is 2.21 bits per heavy atom. The van der Waals surface area contributed by atoms with E-state index in [0.29, 0.717) is 0 Å². The lowest BCUT2D eigenvalue weighted by molar-refractivity contribution is 0.530. The first-order valence-electron chi connectivity index (χ1n) is 6.08. The molecular weight excluding hydrogens is 170 g/mol. The molecule has 1 nitrogen and oxygen atoms in total. The van der Waals surface area contributed by atoms with E-state index in [0.717, 1.165) is 18.9 Å². The van der Waals surface area contributed by atoms with Crippen LogP contribution in [0.5, 0.6) is 0 Å². The molecule has 1 heteroatoms. The molecule has 0 radical (unpaired) electrons. The van der Waals surface area contributed by atoms with Gasteiger partial charge in [0, 0.05) is 12.2 Å². The van der Waals surface area contributed by atoms with Crippen LogP contribution in [0.25, 0.3) is 0 Å². The fourth-order valence-electron chi connectivity index (χ4n) is 1.07. The first-order valence-corrected chi connectivity index (χ1v) is 6.08. The van der Waals surface area contributed by atoms with E-state index in [1.807, 2.05) is 13.8 Å². The van der Waals surface area contributed by atoms with Crippen molar-refractivity contribution in [1.82, 2.24) is 5.32 Å². The first kappa shape index (κ1) is 16.0. The van der Waals surface area contributed by atoms with Crippen LogP contribution in [0.4, 0.5) is 0 Å². The molecule has 0 spiro atoms. The Morgan fingerprint density at radius 1 is 1.21 bits per heavy atom. The second-order valence-corrected chi connectivity index (χ2v) is 3.77. The maximum Gasteiger partial charge on any atom is 0.0143 e. The smallest absolute Gasteiger partial charge is 0.0143 e. The summed E-state index contributed by atoms with van der Waals surface area (Å²) in [6.45, 7) is 15.7. The van der Waals surface area contributed by atoms with E-state index in [-0.39, 0.29) is 0 Å². The molecule has 0 saturated carbocycles. The largest absolute Gasteiger partial charge is 0.389 e. The molecule has 0 atom stereocenters. The summed E-state index contributed by atoms with van der Waals surface area (Å²) in [5, 5.41) is 3.31. The number of rotatable bonds is 7. The normalized spacial score (nSPS) is 9.29. The topological polar surface area (TPSA) is 12.0 Å². The zero-order valence-electron chi connectivity index (χ0n) is 10.8. The van der Waals surface area contributed by atoms with E-state index in [2.05, 4.69) is 32.7 Å². The highest BCUT2D eigenvalue weighted by atomic mass is 14.9. The molecule has 0 fully saturated rings. The van der Waals surface area contributed by atoms with Crippen LogP contribution in [0.2, 0.25) is 0 Å². The maximum absolute atomic E-state index is 3.89. The molecule has 86 valence electrons. The molecule has 0 aromatic heterocycles. The molecule has 0 aliphatic heterocycles. The fraction of sp³-hybridized carbons (Fsp3) is 0.846. The highest BCUT2D eigenvalue weighted by Crippen LogP contribution is 2.05. The lowest BCUT2D eigenvalue weighted by Crippen LogP contribution is -2.13. The summed E-state index contributed by atoms with van der Waals surface area (Å²) in [7, 11) is 0. The lowest BCUT2D eigenvalue weighted by Gasteiger charge is -2.07. The van der Waals surface area contributed by atoms with Gasteiger partial charge in [0.2, 0.25) is 0 Å². The summed E-state index contributed by atoms with van der Waals surface area (Å²) in [6.07, 6.45) is 5.00. The fourth-order valence-corrected chi connectivity index (χ4v) is 1.07. The highest BCUT2D eigenvalue weighted by Gasteiger charge is 1.93. The summed E-state index contributed by atoms with van der Waals surface area (Å²) in [5.74, 6) is 0.847. The lowest BCUT2D eigenvalue weighted by atomic mass is 10.1. The minimum Gasteiger partial charge on any atom is -0.389 e. The van der Waals surface area contributed by atoms with Crippen LogP contribution in [0, 0.1) is 5.92 Å². The quantitative estimate of drug-likeness (QED) is 0.601. The van der Waals surface area contributed by atoms with Gasteiger partial charge in [0.25, 0.3) is 0 Å². The van der Waals surface area contributed by atoms with Gasteiger partial charge in [0.1, 0.15) is 0 Å². The molecule has 0 saturated heterocycles. The van der Waals surface area contributed by atoms with Crippen molar-refractivity contribution >= 4 is 0 Å². The van der Waals surface area contributed by atoms with Gasteiger partial charge in [-0.3, -0.25) is 0 Å². The highest BCUT2D eigenvalue weighted by molar-refractivity contribution is 4.88. The van der Waals surface area contributed by atoms with Crippen molar-refractivity contribution < 1.29 is 0 Å². The van der Waals surface area contributed by atoms with E-state index in [1.165, 1.54) is 25.0 Å². The number of hydrogen-bond donors (Lipinski definition) is 1. The summed E-state index contributed by atoms with van der Waals surface area (Å²) in [4.78, 5) is 0. The molecule has 0 aromatic rings. The summed E-state index contributed by atoms with van der Waals surface area (Å²) in [5.41, 5.74) is 1.17. The van der Waals surface area contributed by atoms with Gasteiger partial charge in [-0.15, -0.1) is 0 Å². The third kappa shape index (κ3) is 14.1.